The molecular formula is C18H23N3O3. The van der Waals surface area contributed by atoms with E-state index < -0.39 is 18.0 Å². The van der Waals surface area contributed by atoms with Crippen molar-refractivity contribution in [2.24, 2.45) is 0 Å². The van der Waals surface area contributed by atoms with Crippen LogP contribution in [0.5, 0.6) is 0 Å². The van der Waals surface area contributed by atoms with Crippen molar-refractivity contribution >= 4 is 17.7 Å². The number of ether oxygens (including phenoxy) is 1. The Morgan fingerprint density at radius 3 is 2.42 bits per heavy atom. The first-order valence-corrected chi connectivity index (χ1v) is 8.06. The van der Waals surface area contributed by atoms with Crippen LogP contribution in [0.15, 0.2) is 36.5 Å². The predicted molar refractivity (Wildman–Crippen MR) is 91.9 cm³/mol. The molecule has 6 nitrogen and oxygen atoms in total. The summed E-state index contributed by atoms with van der Waals surface area (Å²) in [7, 11) is 0. The van der Waals surface area contributed by atoms with Crippen LogP contribution in [-0.4, -0.2) is 27.8 Å². The molecule has 1 amide bonds. The van der Waals surface area contributed by atoms with Gasteiger partial charge < -0.3 is 10.1 Å². The molecule has 6 heteroatoms. The molecule has 128 valence electrons. The molecule has 0 aliphatic heterocycles. The molecule has 2 aromatic rings. The van der Waals surface area contributed by atoms with Crippen LogP contribution in [0.4, 0.5) is 5.82 Å². The molecule has 1 atom stereocenters. The Bertz CT molecular complexity index is 705. The standard InChI is InChI=1S/C18H23N3O3/c1-5-14-6-8-15(9-7-14)18(23)24-13(4)17(22)20-16-10-11-19-21(16)12(2)3/h6-13H,5H2,1-4H3,(H,20,22)/t13-/m0/s1. The molecule has 0 aliphatic rings. The van der Waals surface area contributed by atoms with E-state index in [1.807, 2.05) is 32.9 Å². The Balaban J connectivity index is 1.97. The Hall–Kier alpha value is -2.63. The van der Waals surface area contributed by atoms with Crippen molar-refractivity contribution in [1.29, 1.82) is 0 Å². The summed E-state index contributed by atoms with van der Waals surface area (Å²) >= 11 is 0. The van der Waals surface area contributed by atoms with Crippen molar-refractivity contribution in [3.05, 3.63) is 47.7 Å². The zero-order valence-corrected chi connectivity index (χ0v) is 14.4. The quantitative estimate of drug-likeness (QED) is 0.826. The van der Waals surface area contributed by atoms with Gasteiger partial charge >= 0.3 is 5.97 Å². The van der Waals surface area contributed by atoms with E-state index in [-0.39, 0.29) is 6.04 Å². The second-order valence-corrected chi connectivity index (χ2v) is 5.84. The Morgan fingerprint density at radius 1 is 1.17 bits per heavy atom. The van der Waals surface area contributed by atoms with E-state index >= 15 is 0 Å². The van der Waals surface area contributed by atoms with Crippen LogP contribution in [0.3, 0.4) is 0 Å². The smallest absolute Gasteiger partial charge is 0.338 e. The average Bonchev–Trinajstić information content (AvgIpc) is 3.03. The number of nitrogens with one attached hydrogen (secondary N) is 1. The lowest BCUT2D eigenvalue weighted by Gasteiger charge is -2.15. The van der Waals surface area contributed by atoms with E-state index in [1.54, 1.807) is 36.0 Å². The Labute approximate surface area is 141 Å². The van der Waals surface area contributed by atoms with Crippen LogP contribution >= 0.6 is 0 Å². The van der Waals surface area contributed by atoms with Gasteiger partial charge in [-0.1, -0.05) is 19.1 Å². The fourth-order valence-corrected chi connectivity index (χ4v) is 2.21. The summed E-state index contributed by atoms with van der Waals surface area (Å²) in [4.78, 5) is 24.3. The van der Waals surface area contributed by atoms with Gasteiger partial charge in [-0.15, -0.1) is 0 Å². The number of benzene rings is 1. The zero-order chi connectivity index (χ0) is 17.7. The highest BCUT2D eigenvalue weighted by Crippen LogP contribution is 2.14. The highest BCUT2D eigenvalue weighted by Gasteiger charge is 2.20. The van der Waals surface area contributed by atoms with Crippen LogP contribution < -0.4 is 5.32 Å². The molecule has 1 heterocycles. The lowest BCUT2D eigenvalue weighted by molar-refractivity contribution is -0.123. The molecule has 0 spiro atoms. The van der Waals surface area contributed by atoms with Gasteiger partial charge in [-0.3, -0.25) is 4.79 Å². The maximum Gasteiger partial charge on any atom is 0.338 e. The molecule has 0 radical (unpaired) electrons. The summed E-state index contributed by atoms with van der Waals surface area (Å²) in [6.45, 7) is 7.52. The molecule has 0 saturated carbocycles. The van der Waals surface area contributed by atoms with Gasteiger partial charge in [0.05, 0.1) is 11.8 Å². The summed E-state index contributed by atoms with van der Waals surface area (Å²) in [5.41, 5.74) is 1.57. The van der Waals surface area contributed by atoms with E-state index in [9.17, 15) is 9.59 Å². The third-order valence-corrected chi connectivity index (χ3v) is 3.66. The molecule has 2 rings (SSSR count). The van der Waals surface area contributed by atoms with Crippen molar-refractivity contribution < 1.29 is 14.3 Å². The molecular weight excluding hydrogens is 306 g/mol. The van der Waals surface area contributed by atoms with Gasteiger partial charge in [0.15, 0.2) is 6.10 Å². The van der Waals surface area contributed by atoms with Crippen LogP contribution in [0.2, 0.25) is 0 Å². The summed E-state index contributed by atoms with van der Waals surface area (Å²) in [6.07, 6.45) is 1.61. The number of anilines is 1. The minimum Gasteiger partial charge on any atom is -0.449 e. The number of aromatic nitrogens is 2. The van der Waals surface area contributed by atoms with Gasteiger partial charge in [-0.2, -0.15) is 5.10 Å². The van der Waals surface area contributed by atoms with Crippen molar-refractivity contribution in [2.75, 3.05) is 5.32 Å². The molecule has 0 fully saturated rings. The summed E-state index contributed by atoms with van der Waals surface area (Å²) in [5, 5.41) is 6.88. The number of amides is 1. The number of rotatable bonds is 6. The predicted octanol–water partition coefficient (Wildman–Crippen LogP) is 3.21. The van der Waals surface area contributed by atoms with Crippen LogP contribution in [0.1, 0.15) is 49.7 Å². The number of hydrogen-bond acceptors (Lipinski definition) is 4. The van der Waals surface area contributed by atoms with Crippen LogP contribution in [0, 0.1) is 0 Å². The first-order valence-electron chi connectivity index (χ1n) is 8.06. The summed E-state index contributed by atoms with van der Waals surface area (Å²) in [6, 6.07) is 8.99. The van der Waals surface area contributed by atoms with Crippen molar-refractivity contribution in [2.45, 2.75) is 46.3 Å². The third-order valence-electron chi connectivity index (χ3n) is 3.66. The van der Waals surface area contributed by atoms with Crippen molar-refractivity contribution in [1.82, 2.24) is 9.78 Å². The Morgan fingerprint density at radius 2 is 1.83 bits per heavy atom. The molecule has 1 N–H and O–H groups in total. The molecule has 0 unspecified atom stereocenters. The maximum absolute atomic E-state index is 12.2. The normalized spacial score (nSPS) is 12.0. The minimum absolute atomic E-state index is 0.116. The number of aryl methyl sites for hydroxylation is 1. The summed E-state index contributed by atoms with van der Waals surface area (Å²) < 4.78 is 6.93. The van der Waals surface area contributed by atoms with E-state index in [0.29, 0.717) is 11.4 Å². The van der Waals surface area contributed by atoms with Gasteiger partial charge in [-0.05, 0) is 44.9 Å². The van der Waals surface area contributed by atoms with Gasteiger partial charge in [0.2, 0.25) is 0 Å². The van der Waals surface area contributed by atoms with Crippen molar-refractivity contribution in [3.63, 3.8) is 0 Å². The van der Waals surface area contributed by atoms with Crippen molar-refractivity contribution in [3.8, 4) is 0 Å². The van der Waals surface area contributed by atoms with Gasteiger partial charge in [0.1, 0.15) is 5.82 Å². The maximum atomic E-state index is 12.2. The highest BCUT2D eigenvalue weighted by molar-refractivity contribution is 5.96. The number of carbonyl (C=O) groups is 2. The molecule has 24 heavy (non-hydrogen) atoms. The first-order chi connectivity index (χ1) is 11.4. The fourth-order valence-electron chi connectivity index (χ4n) is 2.21. The zero-order valence-electron chi connectivity index (χ0n) is 14.4. The molecule has 1 aromatic heterocycles. The average molecular weight is 329 g/mol. The van der Waals surface area contributed by atoms with E-state index in [2.05, 4.69) is 10.4 Å². The van der Waals surface area contributed by atoms with E-state index in [1.165, 1.54) is 0 Å². The highest BCUT2D eigenvalue weighted by atomic mass is 16.5. The van der Waals surface area contributed by atoms with Gasteiger partial charge in [0.25, 0.3) is 5.91 Å². The molecule has 0 bridgehead atoms. The Kier molecular flexibility index (Phi) is 5.73. The topological polar surface area (TPSA) is 73.2 Å². The van der Waals surface area contributed by atoms with E-state index in [0.717, 1.165) is 12.0 Å². The fraction of sp³-hybridized carbons (Fsp3) is 0.389. The monoisotopic (exact) mass is 329 g/mol. The second kappa shape index (κ2) is 7.77. The summed E-state index contributed by atoms with van der Waals surface area (Å²) in [5.74, 6) is -0.334. The number of hydrogen-bond donors (Lipinski definition) is 1. The number of nitrogens with zero attached hydrogens (tertiary/aromatic N) is 2. The third kappa shape index (κ3) is 4.22. The minimum atomic E-state index is -0.904. The van der Waals surface area contributed by atoms with Crippen LogP contribution in [-0.2, 0) is 16.0 Å². The molecule has 1 aromatic carbocycles. The number of carbonyl (C=O) groups excluding carboxylic acids is 2. The lowest BCUT2D eigenvalue weighted by atomic mass is 10.1. The van der Waals surface area contributed by atoms with E-state index in [4.69, 9.17) is 4.74 Å². The molecule has 0 aliphatic carbocycles. The second-order valence-electron chi connectivity index (χ2n) is 5.84. The number of esters is 1. The SMILES string of the molecule is CCc1ccc(C(=O)O[C@@H](C)C(=O)Nc2ccnn2C(C)C)cc1. The van der Waals surface area contributed by atoms with Gasteiger partial charge in [0, 0.05) is 12.1 Å². The lowest BCUT2D eigenvalue weighted by Crippen LogP contribution is -2.31. The van der Waals surface area contributed by atoms with Crippen LogP contribution in [0.25, 0.3) is 0 Å². The van der Waals surface area contributed by atoms with Gasteiger partial charge in [-0.25, -0.2) is 9.48 Å². The molecule has 0 saturated heterocycles. The largest absolute Gasteiger partial charge is 0.449 e. The first kappa shape index (κ1) is 17.7.